The average molecular weight is 299 g/mol. The molecule has 5 heteroatoms. The fraction of sp³-hybridized carbons (Fsp3) is 0.643. The molecule has 104 valence electrons. The van der Waals surface area contributed by atoms with Gasteiger partial charge < -0.3 is 5.32 Å². The summed E-state index contributed by atoms with van der Waals surface area (Å²) >= 11 is 7.78. The largest absolute Gasteiger partial charge is 0.352 e. The fourth-order valence-corrected chi connectivity index (χ4v) is 4.01. The van der Waals surface area contributed by atoms with Crippen LogP contribution >= 0.6 is 22.9 Å². The van der Waals surface area contributed by atoms with E-state index in [1.165, 1.54) is 16.9 Å². The maximum Gasteiger partial charge on any atom is 0.237 e. The molecule has 19 heavy (non-hydrogen) atoms. The normalized spacial score (nSPS) is 23.8. The van der Waals surface area contributed by atoms with Gasteiger partial charge in [-0.3, -0.25) is 10.1 Å². The van der Waals surface area contributed by atoms with Crippen molar-refractivity contribution >= 4 is 28.8 Å². The third-order valence-electron chi connectivity index (χ3n) is 3.85. The lowest BCUT2D eigenvalue weighted by atomic mass is 9.93. The molecule has 3 rings (SSSR count). The Bertz CT molecular complexity index is 484. The molecule has 1 saturated carbocycles. The fourth-order valence-electron chi connectivity index (χ4n) is 2.63. The van der Waals surface area contributed by atoms with Gasteiger partial charge in [0, 0.05) is 17.0 Å². The first-order valence-electron chi connectivity index (χ1n) is 6.98. The number of rotatable bonds is 4. The van der Waals surface area contributed by atoms with E-state index in [1.54, 1.807) is 11.3 Å². The van der Waals surface area contributed by atoms with Gasteiger partial charge in [0.15, 0.2) is 0 Å². The van der Waals surface area contributed by atoms with Crippen LogP contribution < -0.4 is 10.6 Å². The summed E-state index contributed by atoms with van der Waals surface area (Å²) < 4.78 is 0.855. The van der Waals surface area contributed by atoms with E-state index in [0.29, 0.717) is 6.04 Å². The molecule has 1 aromatic rings. The Kier molecular flexibility index (Phi) is 3.83. The van der Waals surface area contributed by atoms with E-state index >= 15 is 0 Å². The Morgan fingerprint density at radius 2 is 2.26 bits per heavy atom. The number of carbonyl (C=O) groups is 1. The molecule has 0 saturated heterocycles. The predicted molar refractivity (Wildman–Crippen MR) is 78.8 cm³/mol. The molecule has 0 aromatic carbocycles. The van der Waals surface area contributed by atoms with Crippen LogP contribution in [0.2, 0.25) is 4.34 Å². The quantitative estimate of drug-likeness (QED) is 0.897. The van der Waals surface area contributed by atoms with Crippen LogP contribution in [-0.4, -0.2) is 18.0 Å². The molecule has 2 atom stereocenters. The molecule has 0 bridgehead atoms. The summed E-state index contributed by atoms with van der Waals surface area (Å²) in [7, 11) is 0. The van der Waals surface area contributed by atoms with Crippen LogP contribution in [0.4, 0.5) is 0 Å². The minimum atomic E-state index is -0.143. The average Bonchev–Trinajstić information content (AvgIpc) is 3.09. The zero-order chi connectivity index (χ0) is 13.4. The summed E-state index contributed by atoms with van der Waals surface area (Å²) in [5.74, 6) is 0.121. The van der Waals surface area contributed by atoms with Crippen LogP contribution in [0.25, 0.3) is 0 Å². The Morgan fingerprint density at radius 1 is 1.47 bits per heavy atom. The van der Waals surface area contributed by atoms with Crippen LogP contribution in [0.3, 0.4) is 0 Å². The van der Waals surface area contributed by atoms with Crippen molar-refractivity contribution in [3.8, 4) is 0 Å². The maximum atomic E-state index is 12.0. The Hall–Kier alpha value is -0.580. The van der Waals surface area contributed by atoms with E-state index in [4.69, 9.17) is 11.6 Å². The molecule has 2 aliphatic carbocycles. The third kappa shape index (κ3) is 3.12. The first-order valence-corrected chi connectivity index (χ1v) is 8.17. The van der Waals surface area contributed by atoms with Crippen molar-refractivity contribution in [3.05, 3.63) is 20.8 Å². The van der Waals surface area contributed by atoms with Crippen LogP contribution in [-0.2, 0) is 11.2 Å². The molecule has 2 unspecified atom stereocenters. The summed E-state index contributed by atoms with van der Waals surface area (Å²) in [6.07, 6.45) is 5.63. The Morgan fingerprint density at radius 3 is 3.00 bits per heavy atom. The number of fused-ring (bicyclic) bond motifs is 1. The molecule has 2 aliphatic rings. The zero-order valence-corrected chi connectivity index (χ0v) is 12.6. The van der Waals surface area contributed by atoms with E-state index in [1.807, 2.05) is 6.92 Å². The minimum absolute atomic E-state index is 0.121. The smallest absolute Gasteiger partial charge is 0.237 e. The standard InChI is InChI=1S/C14H19ClN2OS/c1-8(14(18)17-9-5-6-9)16-11-3-2-4-12-10(11)7-13(15)19-12/h7-9,11,16H,2-6H2,1H3,(H,17,18). The van der Waals surface area contributed by atoms with Crippen LogP contribution in [0, 0.1) is 0 Å². The summed E-state index contributed by atoms with van der Waals surface area (Å²) in [5.41, 5.74) is 1.30. The third-order valence-corrected chi connectivity index (χ3v) is 5.19. The van der Waals surface area contributed by atoms with Crippen molar-refractivity contribution in [2.75, 3.05) is 0 Å². The molecular weight excluding hydrogens is 280 g/mol. The van der Waals surface area contributed by atoms with Crippen molar-refractivity contribution in [2.24, 2.45) is 0 Å². The molecule has 2 N–H and O–H groups in total. The highest BCUT2D eigenvalue weighted by molar-refractivity contribution is 7.16. The Labute approximate surface area is 122 Å². The number of hydrogen-bond acceptors (Lipinski definition) is 3. The summed E-state index contributed by atoms with van der Waals surface area (Å²) in [4.78, 5) is 13.4. The van der Waals surface area contributed by atoms with Crippen molar-refractivity contribution in [3.63, 3.8) is 0 Å². The van der Waals surface area contributed by atoms with E-state index in [-0.39, 0.29) is 18.0 Å². The topological polar surface area (TPSA) is 41.1 Å². The van der Waals surface area contributed by atoms with Gasteiger partial charge in [-0.15, -0.1) is 11.3 Å². The van der Waals surface area contributed by atoms with Gasteiger partial charge in [0.2, 0.25) is 5.91 Å². The van der Waals surface area contributed by atoms with Gasteiger partial charge in [-0.1, -0.05) is 11.6 Å². The highest BCUT2D eigenvalue weighted by atomic mass is 35.5. The van der Waals surface area contributed by atoms with E-state index in [0.717, 1.165) is 30.0 Å². The van der Waals surface area contributed by atoms with Crippen molar-refractivity contribution in [1.82, 2.24) is 10.6 Å². The second kappa shape index (κ2) is 5.43. The molecular formula is C14H19ClN2OS. The lowest BCUT2D eigenvalue weighted by Crippen LogP contribution is -2.44. The summed E-state index contributed by atoms with van der Waals surface area (Å²) in [5, 5.41) is 6.50. The van der Waals surface area contributed by atoms with Gasteiger partial charge in [-0.05, 0) is 50.7 Å². The summed E-state index contributed by atoms with van der Waals surface area (Å²) in [6.45, 7) is 1.94. The number of thiophene rings is 1. The number of aryl methyl sites for hydroxylation is 1. The second-order valence-electron chi connectivity index (χ2n) is 5.55. The van der Waals surface area contributed by atoms with Gasteiger partial charge in [-0.2, -0.15) is 0 Å². The van der Waals surface area contributed by atoms with E-state index in [9.17, 15) is 4.79 Å². The lowest BCUT2D eigenvalue weighted by Gasteiger charge is -2.26. The van der Waals surface area contributed by atoms with Crippen LogP contribution in [0.15, 0.2) is 6.07 Å². The van der Waals surface area contributed by atoms with Gasteiger partial charge in [0.05, 0.1) is 10.4 Å². The maximum absolute atomic E-state index is 12.0. The van der Waals surface area contributed by atoms with E-state index < -0.39 is 0 Å². The Balaban J connectivity index is 1.64. The van der Waals surface area contributed by atoms with Crippen molar-refractivity contribution in [1.29, 1.82) is 0 Å². The second-order valence-corrected chi connectivity index (χ2v) is 7.31. The number of amides is 1. The van der Waals surface area contributed by atoms with Crippen molar-refractivity contribution < 1.29 is 4.79 Å². The predicted octanol–water partition coefficient (Wildman–Crippen LogP) is 3.04. The first-order chi connectivity index (χ1) is 9.13. The number of hydrogen-bond donors (Lipinski definition) is 2. The SMILES string of the molecule is CC(NC1CCCc2sc(Cl)cc21)C(=O)NC1CC1. The highest BCUT2D eigenvalue weighted by Crippen LogP contribution is 2.38. The molecule has 1 fully saturated rings. The molecule has 3 nitrogen and oxygen atoms in total. The highest BCUT2D eigenvalue weighted by Gasteiger charge is 2.28. The molecule has 1 heterocycles. The molecule has 0 aliphatic heterocycles. The molecule has 1 aromatic heterocycles. The van der Waals surface area contributed by atoms with Gasteiger partial charge in [0.1, 0.15) is 0 Å². The number of carbonyl (C=O) groups excluding carboxylic acids is 1. The van der Waals surface area contributed by atoms with Gasteiger partial charge in [0.25, 0.3) is 0 Å². The van der Waals surface area contributed by atoms with Crippen LogP contribution in [0.5, 0.6) is 0 Å². The van der Waals surface area contributed by atoms with Crippen LogP contribution in [0.1, 0.15) is 49.1 Å². The van der Waals surface area contributed by atoms with Crippen molar-refractivity contribution in [2.45, 2.75) is 57.2 Å². The van der Waals surface area contributed by atoms with Gasteiger partial charge >= 0.3 is 0 Å². The molecule has 0 radical (unpaired) electrons. The minimum Gasteiger partial charge on any atom is -0.352 e. The zero-order valence-electron chi connectivity index (χ0n) is 11.0. The lowest BCUT2D eigenvalue weighted by molar-refractivity contribution is -0.123. The van der Waals surface area contributed by atoms with E-state index in [2.05, 4.69) is 16.7 Å². The first kappa shape index (κ1) is 13.4. The number of nitrogens with one attached hydrogen (secondary N) is 2. The van der Waals surface area contributed by atoms with Gasteiger partial charge in [-0.25, -0.2) is 0 Å². The molecule has 0 spiro atoms. The number of halogens is 1. The monoisotopic (exact) mass is 298 g/mol. The molecule has 1 amide bonds. The summed E-state index contributed by atoms with van der Waals surface area (Å²) in [6, 6.07) is 2.61.